The SMILES string of the molecule is O=C(CNC1CC1)N1CCCS(=O)(=O)CC1. The van der Waals surface area contributed by atoms with Crippen LogP contribution in [0.5, 0.6) is 0 Å². The molecular weight excluding hydrogens is 228 g/mol. The Morgan fingerprint density at radius 1 is 1.25 bits per heavy atom. The first-order chi connectivity index (χ1) is 7.57. The summed E-state index contributed by atoms with van der Waals surface area (Å²) in [6.07, 6.45) is 2.88. The number of rotatable bonds is 3. The van der Waals surface area contributed by atoms with E-state index in [9.17, 15) is 13.2 Å². The molecule has 0 atom stereocenters. The van der Waals surface area contributed by atoms with E-state index in [0.717, 1.165) is 12.8 Å². The second-order valence-corrected chi connectivity index (χ2v) is 6.84. The summed E-state index contributed by atoms with van der Waals surface area (Å²) in [5.74, 6) is 0.360. The Morgan fingerprint density at radius 2 is 2.00 bits per heavy atom. The van der Waals surface area contributed by atoms with E-state index >= 15 is 0 Å². The van der Waals surface area contributed by atoms with Gasteiger partial charge in [0.2, 0.25) is 5.91 Å². The van der Waals surface area contributed by atoms with Crippen LogP contribution in [0.4, 0.5) is 0 Å². The number of sulfone groups is 1. The minimum Gasteiger partial charge on any atom is -0.341 e. The molecule has 0 aromatic heterocycles. The molecule has 1 aliphatic heterocycles. The van der Waals surface area contributed by atoms with E-state index < -0.39 is 9.84 Å². The first-order valence-corrected chi connectivity index (χ1v) is 7.60. The Bertz CT molecular complexity index is 362. The maximum absolute atomic E-state index is 11.8. The summed E-state index contributed by atoms with van der Waals surface area (Å²) in [7, 11) is -2.92. The van der Waals surface area contributed by atoms with E-state index in [2.05, 4.69) is 5.32 Å². The van der Waals surface area contributed by atoms with Gasteiger partial charge in [0.05, 0.1) is 18.1 Å². The van der Waals surface area contributed by atoms with Crippen molar-refractivity contribution in [3.8, 4) is 0 Å². The van der Waals surface area contributed by atoms with Crippen LogP contribution in [0.2, 0.25) is 0 Å². The van der Waals surface area contributed by atoms with Crippen molar-refractivity contribution >= 4 is 15.7 Å². The van der Waals surface area contributed by atoms with Gasteiger partial charge >= 0.3 is 0 Å². The smallest absolute Gasteiger partial charge is 0.236 e. The van der Waals surface area contributed by atoms with Gasteiger partial charge in [-0.1, -0.05) is 0 Å². The van der Waals surface area contributed by atoms with Crippen LogP contribution in [0.1, 0.15) is 19.3 Å². The van der Waals surface area contributed by atoms with Crippen molar-refractivity contribution in [1.29, 1.82) is 0 Å². The molecule has 1 saturated heterocycles. The molecule has 0 aromatic carbocycles. The Morgan fingerprint density at radius 3 is 2.69 bits per heavy atom. The van der Waals surface area contributed by atoms with Gasteiger partial charge in [-0.25, -0.2) is 8.42 Å². The van der Waals surface area contributed by atoms with Gasteiger partial charge < -0.3 is 10.2 Å². The molecule has 1 N–H and O–H groups in total. The highest BCUT2D eigenvalue weighted by atomic mass is 32.2. The lowest BCUT2D eigenvalue weighted by molar-refractivity contribution is -0.130. The highest BCUT2D eigenvalue weighted by Gasteiger charge is 2.25. The number of carbonyl (C=O) groups is 1. The van der Waals surface area contributed by atoms with E-state index in [1.165, 1.54) is 0 Å². The summed E-state index contributed by atoms with van der Waals surface area (Å²) >= 11 is 0. The quantitative estimate of drug-likeness (QED) is 0.721. The molecule has 1 saturated carbocycles. The predicted octanol–water partition coefficient (Wildman–Crippen LogP) is -0.614. The molecule has 92 valence electrons. The zero-order valence-electron chi connectivity index (χ0n) is 9.31. The summed E-state index contributed by atoms with van der Waals surface area (Å²) < 4.78 is 22.7. The van der Waals surface area contributed by atoms with Crippen molar-refractivity contribution in [1.82, 2.24) is 10.2 Å². The Balaban J connectivity index is 1.81. The standard InChI is InChI=1S/C10H18N2O3S/c13-10(8-11-9-2-3-9)12-4-1-6-16(14,15)7-5-12/h9,11H,1-8H2. The normalized spacial score (nSPS) is 25.1. The van der Waals surface area contributed by atoms with Crippen LogP contribution in [0.15, 0.2) is 0 Å². The third-order valence-electron chi connectivity index (χ3n) is 3.03. The molecule has 0 unspecified atom stereocenters. The maximum Gasteiger partial charge on any atom is 0.236 e. The minimum absolute atomic E-state index is 0.0315. The van der Waals surface area contributed by atoms with E-state index in [4.69, 9.17) is 0 Å². The number of hydrogen-bond donors (Lipinski definition) is 1. The van der Waals surface area contributed by atoms with Crippen LogP contribution in [-0.2, 0) is 14.6 Å². The molecule has 0 bridgehead atoms. The summed E-state index contributed by atoms with van der Waals surface area (Å²) in [6, 6.07) is 0.514. The predicted molar refractivity (Wildman–Crippen MR) is 60.9 cm³/mol. The summed E-state index contributed by atoms with van der Waals surface area (Å²) in [5.41, 5.74) is 0. The van der Waals surface area contributed by atoms with E-state index in [-0.39, 0.29) is 17.4 Å². The van der Waals surface area contributed by atoms with E-state index in [1.807, 2.05) is 0 Å². The lowest BCUT2D eigenvalue weighted by Crippen LogP contribution is -2.40. The Hall–Kier alpha value is -0.620. The number of nitrogens with zero attached hydrogens (tertiary/aromatic N) is 1. The van der Waals surface area contributed by atoms with Gasteiger partial charge in [-0.3, -0.25) is 4.79 Å². The highest BCUT2D eigenvalue weighted by molar-refractivity contribution is 7.91. The van der Waals surface area contributed by atoms with Crippen LogP contribution in [0.25, 0.3) is 0 Å². The molecule has 0 radical (unpaired) electrons. The lowest BCUT2D eigenvalue weighted by Gasteiger charge is -2.19. The first kappa shape index (κ1) is 11.9. The third-order valence-corrected chi connectivity index (χ3v) is 4.74. The minimum atomic E-state index is -2.92. The van der Waals surface area contributed by atoms with Crippen molar-refractivity contribution < 1.29 is 13.2 Å². The van der Waals surface area contributed by atoms with Crippen molar-refractivity contribution in [2.45, 2.75) is 25.3 Å². The molecule has 2 rings (SSSR count). The summed E-state index contributed by atoms with van der Waals surface area (Å²) in [4.78, 5) is 13.4. The molecular formula is C10H18N2O3S. The average Bonchev–Trinajstić information content (AvgIpc) is 3.02. The summed E-state index contributed by atoms with van der Waals surface area (Å²) in [6.45, 7) is 1.28. The molecule has 5 nitrogen and oxygen atoms in total. The van der Waals surface area contributed by atoms with Gasteiger partial charge in [0, 0.05) is 19.1 Å². The van der Waals surface area contributed by atoms with Crippen LogP contribution >= 0.6 is 0 Å². The van der Waals surface area contributed by atoms with Gasteiger partial charge in [-0.2, -0.15) is 0 Å². The number of amides is 1. The highest BCUT2D eigenvalue weighted by Crippen LogP contribution is 2.18. The fraction of sp³-hybridized carbons (Fsp3) is 0.900. The molecule has 2 aliphatic rings. The van der Waals surface area contributed by atoms with E-state index in [1.54, 1.807) is 4.90 Å². The van der Waals surface area contributed by atoms with Gasteiger partial charge in [0.15, 0.2) is 9.84 Å². The molecule has 6 heteroatoms. The van der Waals surface area contributed by atoms with Crippen molar-refractivity contribution in [2.24, 2.45) is 0 Å². The zero-order chi connectivity index (χ0) is 11.6. The summed E-state index contributed by atoms with van der Waals surface area (Å²) in [5, 5.41) is 3.15. The monoisotopic (exact) mass is 246 g/mol. The van der Waals surface area contributed by atoms with E-state index in [0.29, 0.717) is 32.1 Å². The lowest BCUT2D eigenvalue weighted by atomic mass is 10.4. The van der Waals surface area contributed by atoms with Crippen molar-refractivity contribution in [3.05, 3.63) is 0 Å². The van der Waals surface area contributed by atoms with Crippen LogP contribution < -0.4 is 5.32 Å². The molecule has 0 spiro atoms. The third kappa shape index (κ3) is 3.45. The molecule has 1 aliphatic carbocycles. The Labute approximate surface area is 96.1 Å². The maximum atomic E-state index is 11.8. The first-order valence-electron chi connectivity index (χ1n) is 5.78. The fourth-order valence-corrected chi connectivity index (χ4v) is 3.09. The van der Waals surface area contributed by atoms with Crippen molar-refractivity contribution in [2.75, 3.05) is 31.1 Å². The number of nitrogens with one attached hydrogen (secondary N) is 1. The van der Waals surface area contributed by atoms with Gasteiger partial charge in [0.1, 0.15) is 0 Å². The molecule has 0 aromatic rings. The van der Waals surface area contributed by atoms with Gasteiger partial charge in [-0.05, 0) is 19.3 Å². The van der Waals surface area contributed by atoms with Crippen LogP contribution in [-0.4, -0.2) is 56.4 Å². The van der Waals surface area contributed by atoms with Crippen LogP contribution in [0.3, 0.4) is 0 Å². The molecule has 1 heterocycles. The molecule has 2 fully saturated rings. The average molecular weight is 246 g/mol. The number of hydrogen-bond acceptors (Lipinski definition) is 4. The van der Waals surface area contributed by atoms with Crippen LogP contribution in [0, 0.1) is 0 Å². The molecule has 16 heavy (non-hydrogen) atoms. The zero-order valence-corrected chi connectivity index (χ0v) is 10.1. The van der Waals surface area contributed by atoms with Gasteiger partial charge in [-0.15, -0.1) is 0 Å². The Kier molecular flexibility index (Phi) is 3.49. The molecule has 1 amide bonds. The van der Waals surface area contributed by atoms with Gasteiger partial charge in [0.25, 0.3) is 0 Å². The second kappa shape index (κ2) is 4.71. The number of carbonyl (C=O) groups excluding carboxylic acids is 1. The largest absolute Gasteiger partial charge is 0.341 e. The topological polar surface area (TPSA) is 66.5 Å². The van der Waals surface area contributed by atoms with Crippen molar-refractivity contribution in [3.63, 3.8) is 0 Å². The second-order valence-electron chi connectivity index (χ2n) is 4.54. The fourth-order valence-electron chi connectivity index (χ4n) is 1.82.